The number of hydrogen-bond acceptors (Lipinski definition) is 2. The molecule has 3 fully saturated rings. The Morgan fingerprint density at radius 1 is 1.24 bits per heavy atom. The van der Waals surface area contributed by atoms with E-state index >= 15 is 0 Å². The van der Waals surface area contributed by atoms with Crippen molar-refractivity contribution >= 4 is 5.97 Å². The van der Waals surface area contributed by atoms with Gasteiger partial charge >= 0.3 is 5.97 Å². The smallest absolute Gasteiger partial charge is 0.310 e. The molecule has 0 aliphatic heterocycles. The van der Waals surface area contributed by atoms with Crippen LogP contribution in [0.5, 0.6) is 0 Å². The zero-order valence-electron chi connectivity index (χ0n) is 12.5. The normalized spacial score (nSPS) is 37.3. The second kappa shape index (κ2) is 4.84. The first-order valence-corrected chi connectivity index (χ1v) is 8.20. The average Bonchev–Trinajstić information content (AvgIpc) is 2.88. The van der Waals surface area contributed by atoms with Crippen molar-refractivity contribution in [2.24, 2.45) is 23.7 Å². The first-order valence-electron chi connectivity index (χ1n) is 8.20. The van der Waals surface area contributed by atoms with Gasteiger partial charge in [0.25, 0.3) is 0 Å². The fourth-order valence-electron chi connectivity index (χ4n) is 4.90. The predicted molar refractivity (Wildman–Crippen MR) is 80.9 cm³/mol. The van der Waals surface area contributed by atoms with Gasteiger partial charge in [-0.05, 0) is 61.0 Å². The number of rotatable bonds is 5. The molecular formula is C18H23NO2. The molecule has 3 heteroatoms. The Balaban J connectivity index is 1.33. The third-order valence-corrected chi connectivity index (χ3v) is 6.13. The van der Waals surface area contributed by atoms with Crippen molar-refractivity contribution in [1.82, 2.24) is 5.32 Å². The van der Waals surface area contributed by atoms with Crippen LogP contribution in [0.15, 0.2) is 24.3 Å². The highest BCUT2D eigenvalue weighted by atomic mass is 16.4. The standard InChI is InChI=1S/C18H23NO2/c1-10(18(20)21)12-4-2-11(3-5-12)9-19-17-15-13-6-7-14(8-13)16(15)17/h2-5,10,13-17,19H,6-9H2,1H3,(H,20,21). The summed E-state index contributed by atoms with van der Waals surface area (Å²) in [5.41, 5.74) is 2.14. The first kappa shape index (κ1) is 13.3. The third-order valence-electron chi connectivity index (χ3n) is 6.13. The van der Waals surface area contributed by atoms with E-state index < -0.39 is 11.9 Å². The number of nitrogens with one attached hydrogen (secondary N) is 1. The van der Waals surface area contributed by atoms with Crippen molar-refractivity contribution in [2.45, 2.75) is 44.7 Å². The summed E-state index contributed by atoms with van der Waals surface area (Å²) in [5, 5.41) is 12.8. The molecule has 112 valence electrons. The number of fused-ring (bicyclic) bond motifs is 5. The molecule has 3 saturated carbocycles. The summed E-state index contributed by atoms with van der Waals surface area (Å²) < 4.78 is 0. The van der Waals surface area contributed by atoms with E-state index in [0.717, 1.165) is 41.8 Å². The van der Waals surface area contributed by atoms with E-state index in [-0.39, 0.29) is 0 Å². The highest BCUT2D eigenvalue weighted by Gasteiger charge is 2.64. The minimum Gasteiger partial charge on any atom is -0.481 e. The monoisotopic (exact) mass is 285 g/mol. The molecule has 4 rings (SSSR count). The highest BCUT2D eigenvalue weighted by molar-refractivity contribution is 5.75. The maximum absolute atomic E-state index is 11.0. The maximum Gasteiger partial charge on any atom is 0.310 e. The van der Waals surface area contributed by atoms with Gasteiger partial charge in [0, 0.05) is 12.6 Å². The lowest BCUT2D eigenvalue weighted by atomic mass is 10.00. The van der Waals surface area contributed by atoms with Crippen LogP contribution >= 0.6 is 0 Å². The largest absolute Gasteiger partial charge is 0.481 e. The van der Waals surface area contributed by atoms with Crippen molar-refractivity contribution in [3.63, 3.8) is 0 Å². The molecule has 2 N–H and O–H groups in total. The van der Waals surface area contributed by atoms with E-state index in [1.807, 2.05) is 12.1 Å². The van der Waals surface area contributed by atoms with Gasteiger partial charge in [-0.15, -0.1) is 0 Å². The van der Waals surface area contributed by atoms with Gasteiger partial charge in [-0.25, -0.2) is 0 Å². The average molecular weight is 285 g/mol. The minimum atomic E-state index is -0.762. The van der Waals surface area contributed by atoms with Crippen molar-refractivity contribution in [1.29, 1.82) is 0 Å². The van der Waals surface area contributed by atoms with E-state index in [2.05, 4.69) is 17.4 Å². The van der Waals surface area contributed by atoms with Crippen molar-refractivity contribution in [3.05, 3.63) is 35.4 Å². The van der Waals surface area contributed by atoms with Gasteiger partial charge in [0.1, 0.15) is 0 Å². The summed E-state index contributed by atoms with van der Waals surface area (Å²) >= 11 is 0. The Morgan fingerprint density at radius 2 is 1.86 bits per heavy atom. The van der Waals surface area contributed by atoms with Gasteiger partial charge in [0.05, 0.1) is 5.92 Å². The molecular weight excluding hydrogens is 262 g/mol. The van der Waals surface area contributed by atoms with Gasteiger partial charge in [0.2, 0.25) is 0 Å². The molecule has 0 spiro atoms. The van der Waals surface area contributed by atoms with Crippen LogP contribution in [-0.4, -0.2) is 17.1 Å². The third kappa shape index (κ3) is 2.18. The number of carbonyl (C=O) groups is 1. The molecule has 1 aromatic carbocycles. The highest BCUT2D eigenvalue weighted by Crippen LogP contribution is 2.65. The Kier molecular flexibility index (Phi) is 3.07. The molecule has 0 heterocycles. The minimum absolute atomic E-state index is 0.426. The van der Waals surface area contributed by atoms with Crippen LogP contribution in [0.2, 0.25) is 0 Å². The van der Waals surface area contributed by atoms with Crippen molar-refractivity contribution < 1.29 is 9.90 Å². The second-order valence-electron chi connectivity index (χ2n) is 7.20. The summed E-state index contributed by atoms with van der Waals surface area (Å²) in [6, 6.07) is 8.79. The SMILES string of the molecule is CC(C(=O)O)c1ccc(CNC2C3C4CCC(C4)C23)cc1. The molecule has 3 aliphatic carbocycles. The van der Waals surface area contributed by atoms with Crippen LogP contribution in [0.4, 0.5) is 0 Å². The molecule has 0 amide bonds. The Labute approximate surface area is 125 Å². The van der Waals surface area contributed by atoms with Gasteiger partial charge < -0.3 is 10.4 Å². The fourth-order valence-corrected chi connectivity index (χ4v) is 4.90. The number of benzene rings is 1. The lowest BCUT2D eigenvalue weighted by Gasteiger charge is -2.11. The van der Waals surface area contributed by atoms with Crippen LogP contribution in [0.25, 0.3) is 0 Å². The number of hydrogen-bond donors (Lipinski definition) is 2. The van der Waals surface area contributed by atoms with E-state index in [1.165, 1.54) is 24.8 Å². The molecule has 5 unspecified atom stereocenters. The molecule has 0 saturated heterocycles. The van der Waals surface area contributed by atoms with Crippen LogP contribution in [0.3, 0.4) is 0 Å². The number of carboxylic acid groups (broad SMARTS) is 1. The van der Waals surface area contributed by atoms with Gasteiger partial charge in [-0.2, -0.15) is 0 Å². The summed E-state index contributed by atoms with van der Waals surface area (Å²) in [5.74, 6) is 2.77. The topological polar surface area (TPSA) is 49.3 Å². The molecule has 0 aromatic heterocycles. The zero-order chi connectivity index (χ0) is 14.6. The van der Waals surface area contributed by atoms with Gasteiger partial charge in [-0.1, -0.05) is 24.3 Å². The van der Waals surface area contributed by atoms with Crippen LogP contribution in [0.1, 0.15) is 43.2 Å². The second-order valence-corrected chi connectivity index (χ2v) is 7.20. The van der Waals surface area contributed by atoms with Gasteiger partial charge in [-0.3, -0.25) is 4.79 Å². The number of carboxylic acids is 1. The molecule has 21 heavy (non-hydrogen) atoms. The summed E-state index contributed by atoms with van der Waals surface area (Å²) in [6.45, 7) is 2.65. The lowest BCUT2D eigenvalue weighted by molar-refractivity contribution is -0.138. The molecule has 0 radical (unpaired) electrons. The zero-order valence-corrected chi connectivity index (χ0v) is 12.5. The quantitative estimate of drug-likeness (QED) is 0.874. The van der Waals surface area contributed by atoms with Gasteiger partial charge in [0.15, 0.2) is 0 Å². The van der Waals surface area contributed by atoms with Crippen LogP contribution in [0, 0.1) is 23.7 Å². The summed E-state index contributed by atoms with van der Waals surface area (Å²) in [6.07, 6.45) is 4.42. The fraction of sp³-hybridized carbons (Fsp3) is 0.611. The molecule has 3 aliphatic rings. The molecule has 5 atom stereocenters. The first-order chi connectivity index (χ1) is 10.1. The van der Waals surface area contributed by atoms with Crippen LogP contribution in [-0.2, 0) is 11.3 Å². The van der Waals surface area contributed by atoms with Crippen LogP contribution < -0.4 is 5.32 Å². The van der Waals surface area contributed by atoms with E-state index in [9.17, 15) is 4.79 Å². The van der Waals surface area contributed by atoms with E-state index in [4.69, 9.17) is 5.11 Å². The van der Waals surface area contributed by atoms with E-state index in [1.54, 1.807) is 6.92 Å². The van der Waals surface area contributed by atoms with Crippen molar-refractivity contribution in [2.75, 3.05) is 0 Å². The predicted octanol–water partition coefficient (Wildman–Crippen LogP) is 3.01. The van der Waals surface area contributed by atoms with E-state index in [0.29, 0.717) is 0 Å². The van der Waals surface area contributed by atoms with Crippen molar-refractivity contribution in [3.8, 4) is 0 Å². The maximum atomic E-state index is 11.0. The lowest BCUT2D eigenvalue weighted by Crippen LogP contribution is -2.22. The summed E-state index contributed by atoms with van der Waals surface area (Å²) in [7, 11) is 0. The number of aliphatic carboxylic acids is 1. The Hall–Kier alpha value is -1.35. The molecule has 3 nitrogen and oxygen atoms in total. The molecule has 1 aromatic rings. The molecule has 2 bridgehead atoms. The summed E-state index contributed by atoms with van der Waals surface area (Å²) in [4.78, 5) is 11.0. The Bertz CT molecular complexity index is 537. The Morgan fingerprint density at radius 3 is 2.43 bits per heavy atom.